The van der Waals surface area contributed by atoms with E-state index in [1.54, 1.807) is 0 Å². The molecule has 0 spiro atoms. The molecule has 0 unspecified atom stereocenters. The molecule has 6 nitrogen and oxygen atoms in total. The van der Waals surface area contributed by atoms with E-state index in [-0.39, 0.29) is 41.6 Å². The first kappa shape index (κ1) is 17.4. The van der Waals surface area contributed by atoms with Crippen LogP contribution in [0, 0.1) is 17.8 Å². The smallest absolute Gasteiger partial charge is 0.336 e. The maximum atomic E-state index is 12.1. The molecule has 0 radical (unpaired) electrons. The highest BCUT2D eigenvalue weighted by Crippen LogP contribution is 2.51. The summed E-state index contributed by atoms with van der Waals surface area (Å²) in [6, 6.07) is 0. The molecule has 6 heteroatoms. The van der Waals surface area contributed by atoms with Crippen LogP contribution in [0.3, 0.4) is 0 Å². The molecule has 0 aromatic carbocycles. The molecule has 3 fully saturated rings. The topological polar surface area (TPSA) is 89.9 Å². The quantitative estimate of drug-likeness (QED) is 0.471. The fourth-order valence-electron chi connectivity index (χ4n) is 3.99. The number of rotatable bonds is 3. The number of aliphatic hydroxyl groups is 1. The van der Waals surface area contributed by atoms with Crippen molar-refractivity contribution in [2.75, 3.05) is 6.61 Å². The Morgan fingerprint density at radius 1 is 1.16 bits per heavy atom. The average Bonchev–Trinajstić information content (AvgIpc) is 2.99. The van der Waals surface area contributed by atoms with Gasteiger partial charge in [-0.15, -0.1) is 0 Å². The summed E-state index contributed by atoms with van der Waals surface area (Å²) >= 11 is 0. The summed E-state index contributed by atoms with van der Waals surface area (Å²) in [5.41, 5.74) is 1.29. The third kappa shape index (κ3) is 2.66. The number of esters is 2. The zero-order chi connectivity index (χ0) is 18.5. The van der Waals surface area contributed by atoms with E-state index >= 15 is 0 Å². The number of carbonyl (C=O) groups is 3. The molecule has 2 aliphatic carbocycles. The molecule has 3 aliphatic rings. The number of carbonyl (C=O) groups excluding carboxylic acids is 3. The van der Waals surface area contributed by atoms with E-state index in [1.165, 1.54) is 0 Å². The molecule has 132 valence electrons. The monoisotopic (exact) mass is 344 g/mol. The summed E-state index contributed by atoms with van der Waals surface area (Å²) in [5.74, 6) is -2.53. The van der Waals surface area contributed by atoms with Crippen molar-refractivity contribution in [2.24, 2.45) is 17.8 Å². The number of hydrogen-bond acceptors (Lipinski definition) is 6. The Bertz CT molecular complexity index is 730. The number of ketones is 1. The molecule has 0 aromatic rings. The second-order valence-corrected chi connectivity index (χ2v) is 6.77. The van der Waals surface area contributed by atoms with Crippen molar-refractivity contribution in [3.63, 3.8) is 0 Å². The van der Waals surface area contributed by atoms with E-state index in [2.05, 4.69) is 26.3 Å². The van der Waals surface area contributed by atoms with Crippen LogP contribution in [0.1, 0.15) is 12.8 Å². The molecular formula is C19H20O6. The Morgan fingerprint density at radius 2 is 1.84 bits per heavy atom. The number of Topliss-reactive ketones (excluding diaryl/α,β-unsaturated/α-hetero) is 1. The van der Waals surface area contributed by atoms with Crippen LogP contribution in [0.4, 0.5) is 0 Å². The summed E-state index contributed by atoms with van der Waals surface area (Å²) in [6.45, 7) is 14.6. The SMILES string of the molecule is C=C(CO)C(=O)O[C@@H]1CC(=C)[C@H]2CC(=O)C(=C)[C@H]2[C@H]2OC(=O)C(=C)[C@@H]21. The zero-order valence-corrected chi connectivity index (χ0v) is 13.8. The van der Waals surface area contributed by atoms with Gasteiger partial charge in [0.1, 0.15) is 12.2 Å². The minimum Gasteiger partial charge on any atom is -0.458 e. The molecule has 0 aromatic heterocycles. The Kier molecular flexibility index (Phi) is 4.24. The van der Waals surface area contributed by atoms with Crippen molar-refractivity contribution in [1.82, 2.24) is 0 Å². The molecular weight excluding hydrogens is 324 g/mol. The Morgan fingerprint density at radius 3 is 2.48 bits per heavy atom. The van der Waals surface area contributed by atoms with Gasteiger partial charge in [-0.05, 0) is 11.5 Å². The third-order valence-electron chi connectivity index (χ3n) is 5.34. The molecule has 1 saturated heterocycles. The van der Waals surface area contributed by atoms with Gasteiger partial charge < -0.3 is 14.6 Å². The van der Waals surface area contributed by atoms with Crippen LogP contribution in [0.25, 0.3) is 0 Å². The van der Waals surface area contributed by atoms with E-state index < -0.39 is 36.7 Å². The summed E-state index contributed by atoms with van der Waals surface area (Å²) in [5, 5.41) is 9.06. The van der Waals surface area contributed by atoms with E-state index in [1.807, 2.05) is 0 Å². The van der Waals surface area contributed by atoms with Crippen LogP contribution in [0.5, 0.6) is 0 Å². The van der Waals surface area contributed by atoms with Gasteiger partial charge in [-0.2, -0.15) is 0 Å². The Balaban J connectivity index is 1.98. The fourth-order valence-corrected chi connectivity index (χ4v) is 3.99. The minimum absolute atomic E-state index is 0.0624. The first-order chi connectivity index (χ1) is 11.8. The Labute approximate surface area is 145 Å². The van der Waals surface area contributed by atoms with Crippen LogP contribution in [-0.2, 0) is 23.9 Å². The largest absolute Gasteiger partial charge is 0.458 e. The predicted molar refractivity (Wildman–Crippen MR) is 88.1 cm³/mol. The summed E-state index contributed by atoms with van der Waals surface area (Å²) < 4.78 is 11.0. The van der Waals surface area contributed by atoms with Gasteiger partial charge in [0.2, 0.25) is 0 Å². The van der Waals surface area contributed by atoms with Gasteiger partial charge in [0.05, 0.1) is 18.1 Å². The van der Waals surface area contributed by atoms with Crippen molar-refractivity contribution in [2.45, 2.75) is 25.0 Å². The molecule has 2 saturated carbocycles. The zero-order valence-electron chi connectivity index (χ0n) is 13.8. The van der Waals surface area contributed by atoms with E-state index in [0.717, 1.165) is 5.57 Å². The second kappa shape index (κ2) is 6.11. The lowest BCUT2D eigenvalue weighted by Crippen LogP contribution is -2.36. The van der Waals surface area contributed by atoms with Gasteiger partial charge in [0, 0.05) is 24.3 Å². The van der Waals surface area contributed by atoms with Crippen LogP contribution in [-0.4, -0.2) is 41.6 Å². The highest BCUT2D eigenvalue weighted by atomic mass is 16.6. The molecule has 0 bridgehead atoms. The highest BCUT2D eigenvalue weighted by molar-refractivity contribution is 5.99. The molecule has 1 N–H and O–H groups in total. The van der Waals surface area contributed by atoms with Crippen LogP contribution in [0.15, 0.2) is 48.6 Å². The molecule has 5 atom stereocenters. The number of hydrogen-bond donors (Lipinski definition) is 1. The molecule has 3 rings (SSSR count). The maximum absolute atomic E-state index is 12.1. The Hall–Kier alpha value is -2.47. The number of fused-ring (bicyclic) bond motifs is 3. The van der Waals surface area contributed by atoms with Gasteiger partial charge in [0.25, 0.3) is 0 Å². The van der Waals surface area contributed by atoms with Gasteiger partial charge in [-0.1, -0.05) is 31.9 Å². The van der Waals surface area contributed by atoms with Crippen molar-refractivity contribution >= 4 is 17.7 Å². The summed E-state index contributed by atoms with van der Waals surface area (Å²) in [6.07, 6.45) is -0.841. The highest BCUT2D eigenvalue weighted by Gasteiger charge is 2.56. The van der Waals surface area contributed by atoms with Gasteiger partial charge >= 0.3 is 11.9 Å². The normalized spacial score (nSPS) is 34.3. The number of ether oxygens (including phenoxy) is 2. The van der Waals surface area contributed by atoms with E-state index in [9.17, 15) is 14.4 Å². The van der Waals surface area contributed by atoms with Crippen LogP contribution in [0.2, 0.25) is 0 Å². The average molecular weight is 344 g/mol. The van der Waals surface area contributed by atoms with Crippen molar-refractivity contribution < 1.29 is 29.0 Å². The van der Waals surface area contributed by atoms with Gasteiger partial charge in [-0.25, -0.2) is 9.59 Å². The van der Waals surface area contributed by atoms with Crippen molar-refractivity contribution in [1.29, 1.82) is 0 Å². The second-order valence-electron chi connectivity index (χ2n) is 6.77. The van der Waals surface area contributed by atoms with Crippen molar-refractivity contribution in [3.05, 3.63) is 48.6 Å². The predicted octanol–water partition coefficient (Wildman–Crippen LogP) is 1.27. The minimum atomic E-state index is -0.742. The third-order valence-corrected chi connectivity index (χ3v) is 5.34. The first-order valence-corrected chi connectivity index (χ1v) is 8.05. The molecule has 1 heterocycles. The van der Waals surface area contributed by atoms with Gasteiger partial charge in [0.15, 0.2) is 5.78 Å². The van der Waals surface area contributed by atoms with Crippen LogP contribution < -0.4 is 0 Å². The molecule has 0 amide bonds. The standard InChI is InChI=1S/C19H20O6/c1-8-5-14(24-18(22)9(2)7-20)16-11(4)19(23)25-17(16)15-10(3)13(21)6-12(8)15/h12,14-17,20H,1-7H2/t12-,14-,15-,16-,17-/m1/s1. The lowest BCUT2D eigenvalue weighted by molar-refractivity contribution is -0.148. The summed E-state index contributed by atoms with van der Waals surface area (Å²) in [7, 11) is 0. The lowest BCUT2D eigenvalue weighted by Gasteiger charge is -2.27. The lowest BCUT2D eigenvalue weighted by atomic mass is 9.81. The molecule has 25 heavy (non-hydrogen) atoms. The van der Waals surface area contributed by atoms with Gasteiger partial charge in [-0.3, -0.25) is 4.79 Å². The van der Waals surface area contributed by atoms with E-state index in [4.69, 9.17) is 14.6 Å². The van der Waals surface area contributed by atoms with Crippen LogP contribution >= 0.6 is 0 Å². The maximum Gasteiger partial charge on any atom is 0.336 e. The fraction of sp³-hybridized carbons (Fsp3) is 0.421. The van der Waals surface area contributed by atoms with E-state index in [0.29, 0.717) is 5.57 Å². The first-order valence-electron chi connectivity index (χ1n) is 8.05. The number of aliphatic hydroxyl groups excluding tert-OH is 1. The van der Waals surface area contributed by atoms with Crippen molar-refractivity contribution in [3.8, 4) is 0 Å². The molecule has 1 aliphatic heterocycles. The summed E-state index contributed by atoms with van der Waals surface area (Å²) in [4.78, 5) is 36.2.